The highest BCUT2D eigenvalue weighted by molar-refractivity contribution is 5.88. The van der Waals surface area contributed by atoms with Crippen LogP contribution < -0.4 is 15.6 Å². The number of halogens is 3. The van der Waals surface area contributed by atoms with Gasteiger partial charge in [0, 0.05) is 39.0 Å². The molecule has 0 spiro atoms. The fraction of sp³-hybridized carbons (Fsp3) is 0.389. The van der Waals surface area contributed by atoms with Crippen LogP contribution in [0.3, 0.4) is 0 Å². The number of para-hydroxylation sites is 1. The smallest absolute Gasteiger partial charge is 0.419 e. The summed E-state index contributed by atoms with van der Waals surface area (Å²) < 4.78 is 45.9. The van der Waals surface area contributed by atoms with Crippen molar-refractivity contribution in [2.24, 2.45) is 7.05 Å². The van der Waals surface area contributed by atoms with Crippen molar-refractivity contribution in [3.8, 4) is 5.75 Å². The topological polar surface area (TPSA) is 76.5 Å². The van der Waals surface area contributed by atoms with Gasteiger partial charge < -0.3 is 9.64 Å². The van der Waals surface area contributed by atoms with Crippen LogP contribution in [-0.4, -0.2) is 39.9 Å². The lowest BCUT2D eigenvalue weighted by atomic mass is 10.1. The lowest BCUT2D eigenvalue weighted by molar-refractivity contribution is -0.139. The Morgan fingerprint density at radius 2 is 1.86 bits per heavy atom. The Labute approximate surface area is 158 Å². The molecule has 2 heterocycles. The van der Waals surface area contributed by atoms with Crippen molar-refractivity contribution >= 4 is 11.8 Å². The summed E-state index contributed by atoms with van der Waals surface area (Å²) >= 11 is 0. The molecule has 0 saturated carbocycles. The predicted molar refractivity (Wildman–Crippen MR) is 95.2 cm³/mol. The maximum atomic E-state index is 13.1. The predicted octanol–water partition coefficient (Wildman–Crippen LogP) is 2.87. The second kappa shape index (κ2) is 7.91. The van der Waals surface area contributed by atoms with Gasteiger partial charge in [0.05, 0.1) is 5.56 Å². The summed E-state index contributed by atoms with van der Waals surface area (Å²) in [5, 5.41) is 6.53. The quantitative estimate of drug-likeness (QED) is 0.866. The van der Waals surface area contributed by atoms with Crippen LogP contribution in [-0.2, 0) is 13.2 Å². The molecule has 1 N–H and O–H groups in total. The highest BCUT2D eigenvalue weighted by Crippen LogP contribution is 2.36. The molecule has 1 aliphatic rings. The first-order valence-corrected chi connectivity index (χ1v) is 8.67. The summed E-state index contributed by atoms with van der Waals surface area (Å²) in [5.41, 5.74) is -1.11. The number of carbonyl (C=O) groups is 1. The Balaban J connectivity index is 1.57. The van der Waals surface area contributed by atoms with E-state index in [2.05, 4.69) is 10.4 Å². The summed E-state index contributed by atoms with van der Waals surface area (Å²) in [6.07, 6.45) is -4.09. The van der Waals surface area contributed by atoms with E-state index < -0.39 is 17.8 Å². The van der Waals surface area contributed by atoms with Crippen LogP contribution in [0.1, 0.15) is 18.4 Å². The van der Waals surface area contributed by atoms with E-state index in [-0.39, 0.29) is 23.2 Å². The van der Waals surface area contributed by atoms with E-state index in [0.29, 0.717) is 25.9 Å². The highest BCUT2D eigenvalue weighted by atomic mass is 19.4. The number of hydrogen-bond donors (Lipinski definition) is 1. The van der Waals surface area contributed by atoms with Crippen LogP contribution in [0.4, 0.5) is 23.8 Å². The van der Waals surface area contributed by atoms with Crippen molar-refractivity contribution in [2.45, 2.75) is 25.1 Å². The minimum atomic E-state index is -4.49. The molecule has 7 nitrogen and oxygen atoms in total. The Bertz CT molecular complexity index is 905. The van der Waals surface area contributed by atoms with Crippen molar-refractivity contribution in [1.29, 1.82) is 0 Å². The van der Waals surface area contributed by atoms with Crippen molar-refractivity contribution in [3.63, 3.8) is 0 Å². The zero-order valence-corrected chi connectivity index (χ0v) is 15.1. The Kier molecular flexibility index (Phi) is 5.57. The number of alkyl halides is 3. The second-order valence-corrected chi connectivity index (χ2v) is 6.41. The van der Waals surface area contributed by atoms with Gasteiger partial charge >= 0.3 is 12.2 Å². The van der Waals surface area contributed by atoms with Gasteiger partial charge in [-0.1, -0.05) is 12.1 Å². The first-order valence-electron chi connectivity index (χ1n) is 8.67. The number of likely N-dealkylation sites (tertiary alicyclic amines) is 1. The maximum absolute atomic E-state index is 13.1. The molecule has 1 saturated heterocycles. The molecule has 0 bridgehead atoms. The number of anilines is 1. The Hall–Kier alpha value is -3.04. The van der Waals surface area contributed by atoms with Crippen LogP contribution in [0.15, 0.2) is 41.2 Å². The third kappa shape index (κ3) is 4.62. The largest absolute Gasteiger partial charge is 0.490 e. The minimum Gasteiger partial charge on any atom is -0.490 e. The van der Waals surface area contributed by atoms with Gasteiger partial charge in [-0.3, -0.25) is 10.1 Å². The third-order valence-corrected chi connectivity index (χ3v) is 4.41. The average Bonchev–Trinajstić information content (AvgIpc) is 2.65. The number of ether oxygens (including phenoxy) is 1. The van der Waals surface area contributed by atoms with E-state index in [0.717, 1.165) is 10.7 Å². The number of aryl methyl sites for hydroxylation is 1. The van der Waals surface area contributed by atoms with Crippen molar-refractivity contribution in [1.82, 2.24) is 14.7 Å². The lowest BCUT2D eigenvalue weighted by Crippen LogP contribution is -2.44. The third-order valence-electron chi connectivity index (χ3n) is 4.41. The minimum absolute atomic E-state index is 0.202. The first-order chi connectivity index (χ1) is 13.2. The molecule has 0 aliphatic carbocycles. The summed E-state index contributed by atoms with van der Waals surface area (Å²) in [7, 11) is 1.47. The molecule has 0 unspecified atom stereocenters. The van der Waals surface area contributed by atoms with E-state index in [1.807, 2.05) is 0 Å². The molecule has 0 atom stereocenters. The lowest BCUT2D eigenvalue weighted by Gasteiger charge is -2.32. The molecule has 10 heteroatoms. The Morgan fingerprint density at radius 3 is 2.50 bits per heavy atom. The van der Waals surface area contributed by atoms with Crippen molar-refractivity contribution in [2.75, 3.05) is 18.4 Å². The number of piperidine rings is 1. The number of amides is 2. The molecule has 1 aromatic carbocycles. The summed E-state index contributed by atoms with van der Waals surface area (Å²) in [4.78, 5) is 25.2. The number of hydrogen-bond acceptors (Lipinski definition) is 4. The van der Waals surface area contributed by atoms with Crippen molar-refractivity contribution < 1.29 is 22.7 Å². The number of benzene rings is 1. The highest BCUT2D eigenvalue weighted by Gasteiger charge is 2.35. The van der Waals surface area contributed by atoms with E-state index in [4.69, 9.17) is 4.74 Å². The van der Waals surface area contributed by atoms with Crippen LogP contribution in [0.25, 0.3) is 0 Å². The monoisotopic (exact) mass is 396 g/mol. The van der Waals surface area contributed by atoms with Crippen LogP contribution in [0, 0.1) is 0 Å². The van der Waals surface area contributed by atoms with E-state index in [1.54, 1.807) is 0 Å². The van der Waals surface area contributed by atoms with Crippen LogP contribution >= 0.6 is 0 Å². The van der Waals surface area contributed by atoms with Gasteiger partial charge in [0.2, 0.25) is 0 Å². The van der Waals surface area contributed by atoms with E-state index >= 15 is 0 Å². The number of nitrogens with zero attached hydrogens (tertiary/aromatic N) is 3. The fourth-order valence-electron chi connectivity index (χ4n) is 2.92. The van der Waals surface area contributed by atoms with Gasteiger partial charge in [0.1, 0.15) is 11.9 Å². The summed E-state index contributed by atoms with van der Waals surface area (Å²) in [5.74, 6) is 0.0388. The van der Waals surface area contributed by atoms with Gasteiger partial charge in [-0.15, -0.1) is 0 Å². The van der Waals surface area contributed by atoms with Crippen LogP contribution in [0.5, 0.6) is 5.75 Å². The summed E-state index contributed by atoms with van der Waals surface area (Å²) in [6, 6.07) is 7.40. The zero-order chi connectivity index (χ0) is 20.3. The second-order valence-electron chi connectivity index (χ2n) is 6.41. The maximum Gasteiger partial charge on any atom is 0.419 e. The average molecular weight is 396 g/mol. The molecular formula is C18H19F3N4O3. The van der Waals surface area contributed by atoms with Gasteiger partial charge in [0.25, 0.3) is 5.56 Å². The van der Waals surface area contributed by atoms with E-state index in [1.165, 1.54) is 42.3 Å². The number of aromatic nitrogens is 2. The van der Waals surface area contributed by atoms with Gasteiger partial charge in [-0.2, -0.15) is 18.3 Å². The normalized spacial score (nSPS) is 15.4. The van der Waals surface area contributed by atoms with Gasteiger partial charge in [-0.05, 0) is 18.2 Å². The van der Waals surface area contributed by atoms with Crippen LogP contribution in [0.2, 0.25) is 0 Å². The molecular weight excluding hydrogens is 377 g/mol. The molecule has 3 rings (SSSR count). The Morgan fingerprint density at radius 1 is 1.18 bits per heavy atom. The molecule has 1 fully saturated rings. The van der Waals surface area contributed by atoms with Gasteiger partial charge in [0.15, 0.2) is 5.82 Å². The molecule has 150 valence electrons. The number of carbonyl (C=O) groups excluding carboxylic acids is 1. The molecule has 1 aliphatic heterocycles. The van der Waals surface area contributed by atoms with E-state index in [9.17, 15) is 22.8 Å². The molecule has 28 heavy (non-hydrogen) atoms. The molecule has 1 aromatic heterocycles. The molecule has 2 aromatic rings. The number of urea groups is 1. The molecule has 0 radical (unpaired) electrons. The van der Waals surface area contributed by atoms with Gasteiger partial charge in [-0.25, -0.2) is 9.48 Å². The number of nitrogens with one attached hydrogen (secondary N) is 1. The number of rotatable bonds is 3. The molecule has 2 amide bonds. The van der Waals surface area contributed by atoms with Crippen molar-refractivity contribution in [3.05, 3.63) is 52.3 Å². The fourth-order valence-corrected chi connectivity index (χ4v) is 2.92. The SMILES string of the molecule is Cn1nc(NC(=O)N2CCC(Oc3ccccc3C(F)(F)F)CC2)ccc1=O. The first kappa shape index (κ1) is 19.7. The zero-order valence-electron chi connectivity index (χ0n) is 15.1. The summed E-state index contributed by atoms with van der Waals surface area (Å²) in [6.45, 7) is 0.660. The standard InChI is InChI=1S/C18H19F3N4O3/c1-24-16(26)7-6-15(23-24)22-17(27)25-10-8-12(9-11-25)28-14-5-3-2-4-13(14)18(19,20)21/h2-7,12H,8-11H2,1H3,(H,22,23,27).